The molecule has 1 fully saturated rings. The summed E-state index contributed by atoms with van der Waals surface area (Å²) in [4.78, 5) is 10.7. The van der Waals surface area contributed by atoms with E-state index in [0.29, 0.717) is 0 Å². The number of fused-ring (bicyclic) bond motifs is 1. The summed E-state index contributed by atoms with van der Waals surface area (Å²) in [5, 5.41) is 23.9. The van der Waals surface area contributed by atoms with Gasteiger partial charge in [0, 0.05) is 0 Å². The van der Waals surface area contributed by atoms with Crippen LogP contribution in [0.2, 0.25) is 0 Å². The lowest BCUT2D eigenvalue weighted by molar-refractivity contribution is -0.662. The zero-order chi connectivity index (χ0) is 14.4. The van der Waals surface area contributed by atoms with Crippen molar-refractivity contribution in [2.24, 2.45) is 0 Å². The number of hydrogen-bond acceptors (Lipinski definition) is 2. The van der Waals surface area contributed by atoms with Crippen LogP contribution in [0.3, 0.4) is 0 Å². The maximum Gasteiger partial charge on any atom is 0.335 e. The first kappa shape index (κ1) is 14.3. The van der Waals surface area contributed by atoms with Gasteiger partial charge in [-0.1, -0.05) is 36.1 Å². The van der Waals surface area contributed by atoms with E-state index >= 15 is 0 Å². The molecule has 4 heteroatoms. The van der Waals surface area contributed by atoms with Gasteiger partial charge in [-0.25, -0.2) is 4.79 Å². The van der Waals surface area contributed by atoms with Crippen molar-refractivity contribution in [1.29, 1.82) is 0 Å². The molecule has 20 heavy (non-hydrogen) atoms. The standard InChI is InChI=1S/C11H8O3.C5H11N/c12-10-6-8-4-2-1-3-7(8)5-9(10)11(13)14;1-2-4-6-5-3-1/h1-6,12H,(H,13,14);6H,1-5H2. The molecule has 1 aliphatic rings. The van der Waals surface area contributed by atoms with Crippen LogP contribution in [0.4, 0.5) is 0 Å². The summed E-state index contributed by atoms with van der Waals surface area (Å²) >= 11 is 0. The van der Waals surface area contributed by atoms with Gasteiger partial charge < -0.3 is 15.5 Å². The minimum atomic E-state index is -1.18. The lowest BCUT2D eigenvalue weighted by atomic mass is 10.1. The summed E-state index contributed by atoms with van der Waals surface area (Å²) in [5.74, 6) is -1.63. The first-order valence-electron chi connectivity index (χ1n) is 6.93. The molecular weight excluding hydrogens is 254 g/mol. The van der Waals surface area contributed by atoms with Crippen LogP contribution >= 0.6 is 0 Å². The molecule has 2 aromatic carbocycles. The molecule has 0 aromatic heterocycles. The molecule has 4 nitrogen and oxygen atoms in total. The predicted octanol–water partition coefficient (Wildman–Crippen LogP) is 1.35. The second kappa shape index (κ2) is 6.91. The van der Waals surface area contributed by atoms with Crippen LogP contribution in [0.5, 0.6) is 5.75 Å². The molecule has 0 amide bonds. The SMILES string of the molecule is C1CC[NH2+]CC1.O=C(O)c1cc2ccccc2cc1[O-]. The molecule has 3 rings (SSSR count). The van der Waals surface area contributed by atoms with Crippen molar-refractivity contribution in [3.05, 3.63) is 42.0 Å². The molecule has 2 aromatic rings. The normalized spacial score (nSPS) is 14.4. The molecule has 0 spiro atoms. The first-order chi connectivity index (χ1) is 9.68. The third-order valence-corrected chi connectivity index (χ3v) is 3.39. The van der Waals surface area contributed by atoms with E-state index in [1.54, 1.807) is 18.2 Å². The van der Waals surface area contributed by atoms with Crippen LogP contribution in [0.15, 0.2) is 36.4 Å². The monoisotopic (exact) mass is 273 g/mol. The molecule has 0 atom stereocenters. The summed E-state index contributed by atoms with van der Waals surface area (Å²) in [6, 6.07) is 9.92. The number of rotatable bonds is 1. The number of carboxylic acid groups (broad SMARTS) is 1. The number of quaternary nitrogens is 1. The van der Waals surface area contributed by atoms with Crippen molar-refractivity contribution < 1.29 is 20.3 Å². The largest absolute Gasteiger partial charge is 0.872 e. The molecule has 3 N–H and O–H groups in total. The number of nitrogens with two attached hydrogens (primary N) is 1. The Bertz CT molecular complexity index is 580. The van der Waals surface area contributed by atoms with Crippen molar-refractivity contribution in [1.82, 2.24) is 0 Å². The predicted molar refractivity (Wildman–Crippen MR) is 75.9 cm³/mol. The van der Waals surface area contributed by atoms with Crippen molar-refractivity contribution in [3.8, 4) is 5.75 Å². The fourth-order valence-corrected chi connectivity index (χ4v) is 2.29. The van der Waals surface area contributed by atoms with E-state index in [0.717, 1.165) is 10.8 Å². The second-order valence-electron chi connectivity index (χ2n) is 4.93. The van der Waals surface area contributed by atoms with Crippen LogP contribution in [-0.2, 0) is 0 Å². The van der Waals surface area contributed by atoms with Crippen LogP contribution in [0, 0.1) is 0 Å². The maximum atomic E-state index is 11.3. The Hall–Kier alpha value is -2.07. The Morgan fingerprint density at radius 2 is 1.65 bits per heavy atom. The highest BCUT2D eigenvalue weighted by Gasteiger charge is 2.04. The van der Waals surface area contributed by atoms with Gasteiger partial charge in [-0.15, -0.1) is 0 Å². The van der Waals surface area contributed by atoms with Crippen LogP contribution < -0.4 is 10.4 Å². The summed E-state index contributed by atoms with van der Waals surface area (Å²) in [7, 11) is 0. The van der Waals surface area contributed by atoms with E-state index in [-0.39, 0.29) is 5.56 Å². The third kappa shape index (κ3) is 3.71. The van der Waals surface area contributed by atoms with Gasteiger partial charge in [0.2, 0.25) is 0 Å². The van der Waals surface area contributed by atoms with Crippen LogP contribution in [0.25, 0.3) is 10.8 Å². The molecule has 0 unspecified atom stereocenters. The lowest BCUT2D eigenvalue weighted by Gasteiger charge is -2.11. The van der Waals surface area contributed by atoms with Gasteiger partial charge in [-0.2, -0.15) is 0 Å². The van der Waals surface area contributed by atoms with Gasteiger partial charge in [0.1, 0.15) is 0 Å². The Kier molecular flexibility index (Phi) is 4.96. The second-order valence-corrected chi connectivity index (χ2v) is 4.93. The van der Waals surface area contributed by atoms with E-state index < -0.39 is 11.7 Å². The van der Waals surface area contributed by atoms with Gasteiger partial charge in [0.05, 0.1) is 18.7 Å². The van der Waals surface area contributed by atoms with Crippen LogP contribution in [-0.4, -0.2) is 24.2 Å². The molecule has 1 saturated heterocycles. The zero-order valence-corrected chi connectivity index (χ0v) is 11.3. The van der Waals surface area contributed by atoms with Crippen molar-refractivity contribution in [2.45, 2.75) is 19.3 Å². The van der Waals surface area contributed by atoms with E-state index in [1.165, 1.54) is 44.5 Å². The van der Waals surface area contributed by atoms with Crippen molar-refractivity contribution in [3.63, 3.8) is 0 Å². The number of benzene rings is 2. The highest BCUT2D eigenvalue weighted by Crippen LogP contribution is 2.22. The summed E-state index contributed by atoms with van der Waals surface area (Å²) in [6.07, 6.45) is 4.36. The van der Waals surface area contributed by atoms with Crippen molar-refractivity contribution >= 4 is 16.7 Å². The molecule has 106 valence electrons. The van der Waals surface area contributed by atoms with E-state index in [4.69, 9.17) is 5.11 Å². The average molecular weight is 273 g/mol. The van der Waals surface area contributed by atoms with E-state index in [2.05, 4.69) is 5.32 Å². The lowest BCUT2D eigenvalue weighted by Crippen LogP contribution is -2.85. The fraction of sp³-hybridized carbons (Fsp3) is 0.312. The Morgan fingerprint density at radius 1 is 1.05 bits per heavy atom. The number of piperidine rings is 1. The van der Waals surface area contributed by atoms with E-state index in [9.17, 15) is 9.90 Å². The highest BCUT2D eigenvalue weighted by molar-refractivity contribution is 5.97. The Labute approximate surface area is 118 Å². The Morgan fingerprint density at radius 3 is 2.10 bits per heavy atom. The van der Waals surface area contributed by atoms with Crippen LogP contribution in [0.1, 0.15) is 29.6 Å². The first-order valence-corrected chi connectivity index (χ1v) is 6.93. The van der Waals surface area contributed by atoms with Gasteiger partial charge in [-0.05, 0) is 36.1 Å². The van der Waals surface area contributed by atoms with E-state index in [1.807, 2.05) is 6.07 Å². The third-order valence-electron chi connectivity index (χ3n) is 3.39. The number of hydrogen-bond donors (Lipinski definition) is 2. The maximum absolute atomic E-state index is 11.3. The molecule has 0 bridgehead atoms. The average Bonchev–Trinajstić information content (AvgIpc) is 2.48. The Balaban J connectivity index is 0.000000205. The van der Waals surface area contributed by atoms with Gasteiger partial charge in [0.25, 0.3) is 0 Å². The fourth-order valence-electron chi connectivity index (χ4n) is 2.29. The minimum Gasteiger partial charge on any atom is -0.872 e. The van der Waals surface area contributed by atoms with Crippen molar-refractivity contribution in [2.75, 3.05) is 13.1 Å². The van der Waals surface area contributed by atoms with Gasteiger partial charge in [0.15, 0.2) is 0 Å². The molecule has 0 aliphatic carbocycles. The quantitative estimate of drug-likeness (QED) is 0.823. The summed E-state index contributed by atoms with van der Waals surface area (Å²) in [6.45, 7) is 2.75. The molecule has 0 saturated carbocycles. The smallest absolute Gasteiger partial charge is 0.335 e. The molecule has 1 heterocycles. The number of aromatic carboxylic acids is 1. The summed E-state index contributed by atoms with van der Waals surface area (Å²) < 4.78 is 0. The number of carbonyl (C=O) groups is 1. The number of carboxylic acids is 1. The zero-order valence-electron chi connectivity index (χ0n) is 11.3. The molecule has 1 aliphatic heterocycles. The highest BCUT2D eigenvalue weighted by atomic mass is 16.4. The summed E-state index contributed by atoms with van der Waals surface area (Å²) in [5.41, 5.74) is -0.177. The molecular formula is C16H19NO3. The minimum absolute atomic E-state index is 0.177. The van der Waals surface area contributed by atoms with Gasteiger partial charge in [-0.3, -0.25) is 0 Å². The topological polar surface area (TPSA) is 77.0 Å². The van der Waals surface area contributed by atoms with Gasteiger partial charge >= 0.3 is 5.97 Å². The molecule has 0 radical (unpaired) electrons.